The van der Waals surface area contributed by atoms with Crippen molar-refractivity contribution in [3.8, 4) is 0 Å². The summed E-state index contributed by atoms with van der Waals surface area (Å²) in [6, 6.07) is 1.93. The summed E-state index contributed by atoms with van der Waals surface area (Å²) in [6.45, 7) is 2.35. The van der Waals surface area contributed by atoms with Gasteiger partial charge in [-0.2, -0.15) is 5.10 Å². The van der Waals surface area contributed by atoms with Crippen molar-refractivity contribution < 1.29 is 4.79 Å². The first kappa shape index (κ1) is 10.5. The standard InChI is InChI=1S/C11H14N4O/c1-8-10(7-15(2)14-8)11(16)13-6-9-3-4-12-5-9/h3-5,7,12H,6H2,1-2H3,(H,13,16). The summed E-state index contributed by atoms with van der Waals surface area (Å²) < 4.78 is 1.64. The minimum Gasteiger partial charge on any atom is -0.367 e. The molecule has 0 spiro atoms. The fraction of sp³-hybridized carbons (Fsp3) is 0.273. The predicted octanol–water partition coefficient (Wildman–Crippen LogP) is 0.987. The lowest BCUT2D eigenvalue weighted by molar-refractivity contribution is 0.0950. The number of aromatic amines is 1. The number of aryl methyl sites for hydroxylation is 2. The van der Waals surface area contributed by atoms with Crippen LogP contribution in [0.2, 0.25) is 0 Å². The van der Waals surface area contributed by atoms with Crippen LogP contribution in [0, 0.1) is 6.92 Å². The fourth-order valence-electron chi connectivity index (χ4n) is 1.57. The number of hydrogen-bond donors (Lipinski definition) is 2. The Morgan fingerprint density at radius 3 is 3.00 bits per heavy atom. The number of H-pyrrole nitrogens is 1. The van der Waals surface area contributed by atoms with Crippen LogP contribution in [0.4, 0.5) is 0 Å². The molecule has 0 aromatic carbocycles. The third kappa shape index (κ3) is 2.13. The van der Waals surface area contributed by atoms with E-state index in [1.165, 1.54) is 0 Å². The average Bonchev–Trinajstić information content (AvgIpc) is 2.84. The highest BCUT2D eigenvalue weighted by Gasteiger charge is 2.11. The van der Waals surface area contributed by atoms with Crippen LogP contribution in [-0.4, -0.2) is 20.7 Å². The van der Waals surface area contributed by atoms with Crippen LogP contribution >= 0.6 is 0 Å². The molecule has 0 bridgehead atoms. The van der Waals surface area contributed by atoms with Gasteiger partial charge >= 0.3 is 0 Å². The molecule has 2 aromatic heterocycles. The molecule has 0 unspecified atom stereocenters. The maximum Gasteiger partial charge on any atom is 0.255 e. The Morgan fingerprint density at radius 2 is 2.44 bits per heavy atom. The molecule has 0 aliphatic rings. The van der Waals surface area contributed by atoms with Crippen LogP contribution in [0.15, 0.2) is 24.7 Å². The van der Waals surface area contributed by atoms with Crippen molar-refractivity contribution in [2.45, 2.75) is 13.5 Å². The van der Waals surface area contributed by atoms with Crippen LogP contribution < -0.4 is 5.32 Å². The molecule has 0 aliphatic heterocycles. The highest BCUT2D eigenvalue weighted by atomic mass is 16.1. The van der Waals surface area contributed by atoms with Gasteiger partial charge in [0.05, 0.1) is 11.3 Å². The molecule has 2 N–H and O–H groups in total. The smallest absolute Gasteiger partial charge is 0.255 e. The Hall–Kier alpha value is -2.04. The zero-order chi connectivity index (χ0) is 11.5. The molecule has 2 heterocycles. The summed E-state index contributed by atoms with van der Waals surface area (Å²) in [5.74, 6) is -0.0909. The van der Waals surface area contributed by atoms with Gasteiger partial charge in [-0.15, -0.1) is 0 Å². The predicted molar refractivity (Wildman–Crippen MR) is 59.9 cm³/mol. The number of carbonyl (C=O) groups excluding carboxylic acids is 1. The van der Waals surface area contributed by atoms with Crippen LogP contribution in [0.25, 0.3) is 0 Å². The number of nitrogens with one attached hydrogen (secondary N) is 2. The topological polar surface area (TPSA) is 62.7 Å². The zero-order valence-corrected chi connectivity index (χ0v) is 9.32. The highest BCUT2D eigenvalue weighted by Crippen LogP contribution is 2.05. The lowest BCUT2D eigenvalue weighted by Crippen LogP contribution is -2.22. The second-order valence-electron chi connectivity index (χ2n) is 3.70. The zero-order valence-electron chi connectivity index (χ0n) is 9.32. The van der Waals surface area contributed by atoms with Gasteiger partial charge in [0.25, 0.3) is 5.91 Å². The maximum atomic E-state index is 11.8. The summed E-state index contributed by atoms with van der Waals surface area (Å²) in [5, 5.41) is 6.97. The number of hydrogen-bond acceptors (Lipinski definition) is 2. The first-order chi connectivity index (χ1) is 7.66. The minimum absolute atomic E-state index is 0.0909. The molecule has 0 radical (unpaired) electrons. The molecular formula is C11H14N4O. The van der Waals surface area contributed by atoms with E-state index in [1.807, 2.05) is 25.4 Å². The molecule has 0 aliphatic carbocycles. The fourth-order valence-corrected chi connectivity index (χ4v) is 1.57. The van der Waals surface area contributed by atoms with E-state index in [0.29, 0.717) is 12.1 Å². The van der Waals surface area contributed by atoms with Crippen molar-refractivity contribution in [2.75, 3.05) is 0 Å². The van der Waals surface area contributed by atoms with Gasteiger partial charge in [0, 0.05) is 32.2 Å². The van der Waals surface area contributed by atoms with Crippen LogP contribution in [0.1, 0.15) is 21.6 Å². The number of aromatic nitrogens is 3. The second kappa shape index (κ2) is 4.22. The molecular weight excluding hydrogens is 204 g/mol. The van der Waals surface area contributed by atoms with Crippen molar-refractivity contribution in [2.24, 2.45) is 7.05 Å². The maximum absolute atomic E-state index is 11.8. The van der Waals surface area contributed by atoms with Gasteiger partial charge in [-0.05, 0) is 18.6 Å². The van der Waals surface area contributed by atoms with Gasteiger partial charge in [-0.25, -0.2) is 0 Å². The third-order valence-electron chi connectivity index (χ3n) is 2.37. The summed E-state index contributed by atoms with van der Waals surface area (Å²) in [4.78, 5) is 14.7. The van der Waals surface area contributed by atoms with E-state index in [2.05, 4.69) is 15.4 Å². The number of carbonyl (C=O) groups is 1. The largest absolute Gasteiger partial charge is 0.367 e. The number of rotatable bonds is 3. The molecule has 5 heteroatoms. The van der Waals surface area contributed by atoms with E-state index in [0.717, 1.165) is 11.3 Å². The summed E-state index contributed by atoms with van der Waals surface area (Å²) >= 11 is 0. The molecule has 84 valence electrons. The van der Waals surface area contributed by atoms with E-state index in [9.17, 15) is 4.79 Å². The van der Waals surface area contributed by atoms with Gasteiger partial charge in [0.1, 0.15) is 0 Å². The van der Waals surface area contributed by atoms with E-state index in [4.69, 9.17) is 0 Å². The van der Waals surface area contributed by atoms with E-state index in [-0.39, 0.29) is 5.91 Å². The van der Waals surface area contributed by atoms with Gasteiger partial charge in [0.15, 0.2) is 0 Å². The molecule has 1 amide bonds. The normalized spacial score (nSPS) is 10.4. The van der Waals surface area contributed by atoms with Crippen LogP contribution in [-0.2, 0) is 13.6 Å². The summed E-state index contributed by atoms with van der Waals surface area (Å²) in [6.07, 6.45) is 5.41. The number of nitrogens with zero attached hydrogens (tertiary/aromatic N) is 2. The SMILES string of the molecule is Cc1nn(C)cc1C(=O)NCc1cc[nH]c1. The van der Waals surface area contributed by atoms with E-state index < -0.39 is 0 Å². The first-order valence-electron chi connectivity index (χ1n) is 5.07. The third-order valence-corrected chi connectivity index (χ3v) is 2.37. The van der Waals surface area contributed by atoms with E-state index in [1.54, 1.807) is 17.9 Å². The molecule has 2 aromatic rings. The Labute approximate surface area is 93.5 Å². The minimum atomic E-state index is -0.0909. The van der Waals surface area contributed by atoms with Crippen molar-refractivity contribution in [1.82, 2.24) is 20.1 Å². The molecule has 16 heavy (non-hydrogen) atoms. The molecule has 0 saturated heterocycles. The Balaban J connectivity index is 2.01. The lowest BCUT2D eigenvalue weighted by atomic mass is 10.2. The van der Waals surface area contributed by atoms with Gasteiger partial charge in [-0.3, -0.25) is 9.48 Å². The molecule has 0 saturated carbocycles. The van der Waals surface area contributed by atoms with Crippen LogP contribution in [0.3, 0.4) is 0 Å². The second-order valence-corrected chi connectivity index (χ2v) is 3.70. The molecule has 5 nitrogen and oxygen atoms in total. The lowest BCUT2D eigenvalue weighted by Gasteiger charge is -2.01. The number of amides is 1. The van der Waals surface area contributed by atoms with Gasteiger partial charge < -0.3 is 10.3 Å². The summed E-state index contributed by atoms with van der Waals surface area (Å²) in [7, 11) is 1.80. The Kier molecular flexibility index (Phi) is 2.76. The van der Waals surface area contributed by atoms with Crippen molar-refractivity contribution in [3.05, 3.63) is 41.5 Å². The van der Waals surface area contributed by atoms with Gasteiger partial charge in [0.2, 0.25) is 0 Å². The quantitative estimate of drug-likeness (QED) is 0.806. The van der Waals surface area contributed by atoms with E-state index >= 15 is 0 Å². The van der Waals surface area contributed by atoms with Crippen molar-refractivity contribution >= 4 is 5.91 Å². The van der Waals surface area contributed by atoms with Crippen LogP contribution in [0.5, 0.6) is 0 Å². The van der Waals surface area contributed by atoms with Gasteiger partial charge in [-0.1, -0.05) is 0 Å². The average molecular weight is 218 g/mol. The summed E-state index contributed by atoms with van der Waals surface area (Å²) in [5.41, 5.74) is 2.42. The Bertz CT molecular complexity index is 484. The molecule has 0 atom stereocenters. The van der Waals surface area contributed by atoms with Crippen molar-refractivity contribution in [3.63, 3.8) is 0 Å². The Morgan fingerprint density at radius 1 is 1.62 bits per heavy atom. The molecule has 2 rings (SSSR count). The van der Waals surface area contributed by atoms with Crippen molar-refractivity contribution in [1.29, 1.82) is 0 Å². The first-order valence-corrected chi connectivity index (χ1v) is 5.07. The monoisotopic (exact) mass is 218 g/mol. The molecule has 0 fully saturated rings. The highest BCUT2D eigenvalue weighted by molar-refractivity contribution is 5.94.